The average Bonchev–Trinajstić information content (AvgIpc) is 2.82. The summed E-state index contributed by atoms with van der Waals surface area (Å²) in [6.45, 7) is 5.32. The molecule has 106 valence electrons. The lowest BCUT2D eigenvalue weighted by Gasteiger charge is -2.49. The van der Waals surface area contributed by atoms with E-state index in [4.69, 9.17) is 4.74 Å². The average molecular weight is 266 g/mol. The van der Waals surface area contributed by atoms with Crippen molar-refractivity contribution >= 4 is 11.8 Å². The van der Waals surface area contributed by atoms with Crippen LogP contribution in [0.5, 0.6) is 0 Å². The highest BCUT2D eigenvalue weighted by Gasteiger charge is 2.50. The number of rotatable bonds is 3. The quantitative estimate of drug-likeness (QED) is 0.758. The predicted molar refractivity (Wildman–Crippen MR) is 69.5 cm³/mol. The maximum Gasteiger partial charge on any atom is 0.246 e. The Labute approximate surface area is 113 Å². The van der Waals surface area contributed by atoms with Gasteiger partial charge in [0, 0.05) is 19.2 Å². The number of nitrogens with zero attached hydrogens (tertiary/aromatic N) is 2. The molecule has 5 nitrogen and oxygen atoms in total. The minimum atomic E-state index is -0.297. The molecule has 2 saturated heterocycles. The Balaban J connectivity index is 1.71. The maximum atomic E-state index is 12.6. The van der Waals surface area contributed by atoms with Gasteiger partial charge < -0.3 is 14.5 Å². The predicted octanol–water partition coefficient (Wildman–Crippen LogP) is 0.776. The molecule has 2 unspecified atom stereocenters. The molecule has 3 fully saturated rings. The first-order valence-corrected chi connectivity index (χ1v) is 7.37. The van der Waals surface area contributed by atoms with Crippen LogP contribution in [-0.2, 0) is 14.3 Å². The van der Waals surface area contributed by atoms with Gasteiger partial charge in [-0.2, -0.15) is 0 Å². The minimum absolute atomic E-state index is 0.127. The smallest absolute Gasteiger partial charge is 0.246 e. The number of hydrogen-bond donors (Lipinski definition) is 0. The molecule has 2 atom stereocenters. The minimum Gasteiger partial charge on any atom is -0.378 e. The molecule has 1 aliphatic carbocycles. The molecule has 0 aromatic heterocycles. The molecule has 2 amide bonds. The molecule has 0 aromatic rings. The van der Waals surface area contributed by atoms with Crippen LogP contribution in [0.15, 0.2) is 0 Å². The van der Waals surface area contributed by atoms with E-state index in [0.717, 1.165) is 38.8 Å². The van der Waals surface area contributed by atoms with Gasteiger partial charge in [-0.1, -0.05) is 0 Å². The van der Waals surface area contributed by atoms with Crippen molar-refractivity contribution in [2.75, 3.05) is 13.2 Å². The third-order valence-electron chi connectivity index (χ3n) is 4.72. The Morgan fingerprint density at radius 2 is 2.00 bits per heavy atom. The molecule has 0 radical (unpaired) electrons. The number of amides is 2. The second-order valence-corrected chi connectivity index (χ2v) is 5.81. The first-order valence-electron chi connectivity index (χ1n) is 7.37. The Morgan fingerprint density at radius 3 is 2.68 bits per heavy atom. The van der Waals surface area contributed by atoms with Crippen molar-refractivity contribution in [2.24, 2.45) is 0 Å². The van der Waals surface area contributed by atoms with E-state index in [1.165, 1.54) is 0 Å². The van der Waals surface area contributed by atoms with Crippen LogP contribution in [0.3, 0.4) is 0 Å². The third-order valence-corrected chi connectivity index (χ3v) is 4.72. The van der Waals surface area contributed by atoms with Crippen LogP contribution in [0, 0.1) is 0 Å². The standard InChI is InChI=1S/C14H22N2O3/c1-3-19-11-7-10(8-11)16-9(2)13(17)15-6-4-5-12(15)14(16)18/h9-12H,3-8H2,1-2H3. The Kier molecular flexibility index (Phi) is 3.25. The SMILES string of the molecule is CCOC1CC(N2C(=O)C3CCCN3C(=O)C2C)C1. The summed E-state index contributed by atoms with van der Waals surface area (Å²) >= 11 is 0. The molecule has 19 heavy (non-hydrogen) atoms. The summed E-state index contributed by atoms with van der Waals surface area (Å²) in [5, 5.41) is 0. The summed E-state index contributed by atoms with van der Waals surface area (Å²) in [7, 11) is 0. The van der Waals surface area contributed by atoms with E-state index in [1.807, 2.05) is 18.7 Å². The molecule has 5 heteroatoms. The lowest BCUT2D eigenvalue weighted by atomic mass is 9.85. The van der Waals surface area contributed by atoms with Gasteiger partial charge in [0.15, 0.2) is 0 Å². The van der Waals surface area contributed by atoms with E-state index in [9.17, 15) is 9.59 Å². The maximum absolute atomic E-state index is 12.6. The molecule has 2 aliphatic heterocycles. The molecule has 0 bridgehead atoms. The fourth-order valence-electron chi connectivity index (χ4n) is 3.64. The van der Waals surface area contributed by atoms with Crippen molar-refractivity contribution in [3.8, 4) is 0 Å². The number of ether oxygens (including phenoxy) is 1. The molecule has 3 rings (SSSR count). The molecule has 3 aliphatic rings. The van der Waals surface area contributed by atoms with Gasteiger partial charge in [0.1, 0.15) is 12.1 Å². The summed E-state index contributed by atoms with van der Waals surface area (Å²) < 4.78 is 5.55. The summed E-state index contributed by atoms with van der Waals surface area (Å²) in [6.07, 6.45) is 3.81. The summed E-state index contributed by atoms with van der Waals surface area (Å²) in [5.74, 6) is 0.284. The number of fused-ring (bicyclic) bond motifs is 1. The van der Waals surface area contributed by atoms with Gasteiger partial charge in [-0.3, -0.25) is 9.59 Å². The van der Waals surface area contributed by atoms with E-state index >= 15 is 0 Å². The Hall–Kier alpha value is -1.10. The normalized spacial score (nSPS) is 38.4. The first kappa shape index (κ1) is 12.9. The Bertz CT molecular complexity index is 392. The Morgan fingerprint density at radius 1 is 1.26 bits per heavy atom. The number of piperazine rings is 1. The lowest BCUT2D eigenvalue weighted by molar-refractivity contribution is -0.167. The fraction of sp³-hybridized carbons (Fsp3) is 0.857. The van der Waals surface area contributed by atoms with Crippen molar-refractivity contribution in [1.29, 1.82) is 0 Å². The molecule has 0 spiro atoms. The molecule has 2 heterocycles. The zero-order valence-corrected chi connectivity index (χ0v) is 11.7. The van der Waals surface area contributed by atoms with Crippen LogP contribution in [0.4, 0.5) is 0 Å². The number of carbonyl (C=O) groups is 2. The van der Waals surface area contributed by atoms with Gasteiger partial charge in [-0.15, -0.1) is 0 Å². The van der Waals surface area contributed by atoms with Gasteiger partial charge in [-0.05, 0) is 39.5 Å². The second-order valence-electron chi connectivity index (χ2n) is 5.81. The van der Waals surface area contributed by atoms with Gasteiger partial charge in [-0.25, -0.2) is 0 Å². The van der Waals surface area contributed by atoms with E-state index < -0.39 is 0 Å². The molecule has 0 aromatic carbocycles. The number of carbonyl (C=O) groups excluding carboxylic acids is 2. The second kappa shape index (κ2) is 4.78. The highest BCUT2D eigenvalue weighted by atomic mass is 16.5. The number of hydrogen-bond acceptors (Lipinski definition) is 3. The highest BCUT2D eigenvalue weighted by Crippen LogP contribution is 2.35. The summed E-state index contributed by atoms with van der Waals surface area (Å²) in [4.78, 5) is 28.5. The summed E-state index contributed by atoms with van der Waals surface area (Å²) in [5.41, 5.74) is 0. The van der Waals surface area contributed by atoms with Crippen LogP contribution in [-0.4, -0.2) is 59.0 Å². The topological polar surface area (TPSA) is 49.9 Å². The van der Waals surface area contributed by atoms with E-state index in [2.05, 4.69) is 0 Å². The third kappa shape index (κ3) is 1.95. The van der Waals surface area contributed by atoms with Crippen LogP contribution < -0.4 is 0 Å². The largest absolute Gasteiger partial charge is 0.378 e. The van der Waals surface area contributed by atoms with Crippen molar-refractivity contribution in [3.63, 3.8) is 0 Å². The van der Waals surface area contributed by atoms with Crippen LogP contribution >= 0.6 is 0 Å². The van der Waals surface area contributed by atoms with Crippen molar-refractivity contribution < 1.29 is 14.3 Å². The molecular weight excluding hydrogens is 244 g/mol. The van der Waals surface area contributed by atoms with Crippen LogP contribution in [0.1, 0.15) is 39.5 Å². The zero-order chi connectivity index (χ0) is 13.6. The van der Waals surface area contributed by atoms with Gasteiger partial charge in [0.25, 0.3) is 0 Å². The van der Waals surface area contributed by atoms with Crippen molar-refractivity contribution in [3.05, 3.63) is 0 Å². The van der Waals surface area contributed by atoms with E-state index in [1.54, 1.807) is 4.90 Å². The first-order chi connectivity index (χ1) is 9.13. The van der Waals surface area contributed by atoms with Gasteiger partial charge in [0.2, 0.25) is 11.8 Å². The summed E-state index contributed by atoms with van der Waals surface area (Å²) in [6, 6.07) is -0.282. The fourth-order valence-corrected chi connectivity index (χ4v) is 3.64. The van der Waals surface area contributed by atoms with Gasteiger partial charge in [0.05, 0.1) is 6.10 Å². The lowest BCUT2D eigenvalue weighted by Crippen LogP contribution is -2.66. The monoisotopic (exact) mass is 266 g/mol. The molecule has 0 N–H and O–H groups in total. The van der Waals surface area contributed by atoms with Gasteiger partial charge >= 0.3 is 0 Å². The van der Waals surface area contributed by atoms with Crippen LogP contribution in [0.2, 0.25) is 0 Å². The zero-order valence-electron chi connectivity index (χ0n) is 11.7. The van der Waals surface area contributed by atoms with E-state index in [-0.39, 0.29) is 36.0 Å². The molecule has 1 saturated carbocycles. The van der Waals surface area contributed by atoms with Crippen molar-refractivity contribution in [1.82, 2.24) is 9.80 Å². The highest BCUT2D eigenvalue weighted by molar-refractivity contribution is 5.97. The van der Waals surface area contributed by atoms with Crippen molar-refractivity contribution in [2.45, 2.75) is 63.8 Å². The van der Waals surface area contributed by atoms with Crippen LogP contribution in [0.25, 0.3) is 0 Å². The molecular formula is C14H22N2O3. The van der Waals surface area contributed by atoms with E-state index in [0.29, 0.717) is 0 Å².